The second-order valence-electron chi connectivity index (χ2n) is 8.62. The van der Waals surface area contributed by atoms with E-state index in [0.29, 0.717) is 48.3 Å². The van der Waals surface area contributed by atoms with Gasteiger partial charge in [0.15, 0.2) is 0 Å². The fourth-order valence-corrected chi connectivity index (χ4v) is 4.54. The number of benzene rings is 2. The molecule has 35 heavy (non-hydrogen) atoms. The second kappa shape index (κ2) is 14.8. The Labute approximate surface area is 218 Å². The predicted molar refractivity (Wildman–Crippen MR) is 147 cm³/mol. The molecule has 7 nitrogen and oxygen atoms in total. The minimum atomic E-state index is -0.342. The average Bonchev–Trinajstić information content (AvgIpc) is 2.86. The third-order valence-corrected chi connectivity index (χ3v) is 6.29. The highest BCUT2D eigenvalue weighted by molar-refractivity contribution is 6.18. The van der Waals surface area contributed by atoms with Gasteiger partial charge in [0, 0.05) is 54.0 Å². The van der Waals surface area contributed by atoms with Crippen molar-refractivity contribution in [1.82, 2.24) is 4.90 Å². The second-order valence-corrected chi connectivity index (χ2v) is 9.38. The lowest BCUT2D eigenvalue weighted by atomic mass is 10.1. The first kappa shape index (κ1) is 27.1. The number of piperidine rings is 1. The van der Waals surface area contributed by atoms with Crippen LogP contribution in [0.3, 0.4) is 0 Å². The molecule has 2 aromatic carbocycles. The van der Waals surface area contributed by atoms with Gasteiger partial charge >= 0.3 is 6.03 Å². The van der Waals surface area contributed by atoms with Crippen molar-refractivity contribution in [2.45, 2.75) is 32.1 Å². The van der Waals surface area contributed by atoms with Gasteiger partial charge in [-0.3, -0.25) is 4.79 Å². The third-order valence-electron chi connectivity index (χ3n) is 5.95. The number of hydrogen-bond acceptors (Lipinski definition) is 4. The van der Waals surface area contributed by atoms with Gasteiger partial charge in [-0.25, -0.2) is 4.79 Å². The Bertz CT molecular complexity index is 912. The molecule has 9 heteroatoms. The molecular formula is C26H35Cl2N5O2. The third kappa shape index (κ3) is 9.59. The fourth-order valence-electron chi connectivity index (χ4n) is 4.13. The van der Waals surface area contributed by atoms with Crippen LogP contribution in [0.4, 0.5) is 27.5 Å². The maximum Gasteiger partial charge on any atom is 0.323 e. The number of hydrogen-bond donors (Lipinski definition) is 3. The SMILES string of the molecule is O=C(CCCN1CCCCC1)Nc1ccc(NC(=O)Nc2ccc(N(CCCl)CCCl)cc2)cc1. The van der Waals surface area contributed by atoms with Gasteiger partial charge < -0.3 is 25.8 Å². The lowest BCUT2D eigenvalue weighted by Crippen LogP contribution is -2.31. The van der Waals surface area contributed by atoms with Gasteiger partial charge in [-0.05, 0) is 87.4 Å². The van der Waals surface area contributed by atoms with Crippen LogP contribution in [0, 0.1) is 0 Å². The number of carbonyl (C=O) groups is 2. The maximum atomic E-state index is 12.4. The van der Waals surface area contributed by atoms with E-state index in [1.165, 1.54) is 19.3 Å². The molecule has 0 aliphatic carbocycles. The Morgan fingerprint density at radius 3 is 1.83 bits per heavy atom. The van der Waals surface area contributed by atoms with E-state index in [1.54, 1.807) is 24.3 Å². The van der Waals surface area contributed by atoms with Crippen molar-refractivity contribution >= 4 is 57.9 Å². The summed E-state index contributed by atoms with van der Waals surface area (Å²) in [6.45, 7) is 4.69. The van der Waals surface area contributed by atoms with E-state index >= 15 is 0 Å². The molecule has 2 aromatic rings. The zero-order valence-corrected chi connectivity index (χ0v) is 21.6. The molecule has 0 unspecified atom stereocenters. The number of rotatable bonds is 12. The van der Waals surface area contributed by atoms with Crippen LogP contribution in [-0.4, -0.2) is 61.3 Å². The summed E-state index contributed by atoms with van der Waals surface area (Å²) in [6, 6.07) is 14.3. The Balaban J connectivity index is 1.40. The van der Waals surface area contributed by atoms with Crippen LogP contribution < -0.4 is 20.9 Å². The van der Waals surface area contributed by atoms with Crippen LogP contribution in [0.5, 0.6) is 0 Å². The summed E-state index contributed by atoms with van der Waals surface area (Å²) < 4.78 is 0. The molecule has 1 saturated heterocycles. The van der Waals surface area contributed by atoms with Crippen molar-refractivity contribution < 1.29 is 9.59 Å². The van der Waals surface area contributed by atoms with E-state index in [1.807, 2.05) is 24.3 Å². The summed E-state index contributed by atoms with van der Waals surface area (Å²) in [6.07, 6.45) is 5.22. The number of amides is 3. The number of carbonyl (C=O) groups excluding carboxylic acids is 2. The van der Waals surface area contributed by atoms with Gasteiger partial charge in [0.05, 0.1) is 0 Å². The van der Waals surface area contributed by atoms with E-state index in [-0.39, 0.29) is 11.9 Å². The summed E-state index contributed by atoms with van der Waals surface area (Å²) in [4.78, 5) is 29.1. The van der Waals surface area contributed by atoms with Crippen LogP contribution in [0.15, 0.2) is 48.5 Å². The van der Waals surface area contributed by atoms with Crippen molar-refractivity contribution in [2.75, 3.05) is 65.3 Å². The van der Waals surface area contributed by atoms with E-state index in [2.05, 4.69) is 25.8 Å². The molecule has 0 saturated carbocycles. The van der Waals surface area contributed by atoms with Gasteiger partial charge in [-0.15, -0.1) is 23.2 Å². The summed E-state index contributed by atoms with van der Waals surface area (Å²) in [5.41, 5.74) is 3.03. The lowest BCUT2D eigenvalue weighted by molar-refractivity contribution is -0.116. The standard InChI is InChI=1S/C26H35Cl2N5O2/c27-14-19-33(20-15-28)24-12-10-23(11-13-24)31-26(35)30-22-8-6-21(7-9-22)29-25(34)5-4-18-32-16-2-1-3-17-32/h6-13H,1-5,14-20H2,(H,29,34)(H2,30,31,35). The first-order chi connectivity index (χ1) is 17.1. The molecule has 1 fully saturated rings. The molecule has 190 valence electrons. The lowest BCUT2D eigenvalue weighted by Gasteiger charge is -2.26. The van der Waals surface area contributed by atoms with Crippen molar-refractivity contribution in [3.63, 3.8) is 0 Å². The number of anilines is 4. The van der Waals surface area contributed by atoms with Crippen molar-refractivity contribution in [1.29, 1.82) is 0 Å². The molecular weight excluding hydrogens is 485 g/mol. The first-order valence-electron chi connectivity index (χ1n) is 12.2. The molecule has 0 spiro atoms. The minimum Gasteiger partial charge on any atom is -0.369 e. The molecule has 0 radical (unpaired) electrons. The summed E-state index contributed by atoms with van der Waals surface area (Å²) in [7, 11) is 0. The molecule has 1 aliphatic rings. The van der Waals surface area contributed by atoms with Gasteiger partial charge in [-0.2, -0.15) is 0 Å². The highest BCUT2D eigenvalue weighted by Crippen LogP contribution is 2.19. The highest BCUT2D eigenvalue weighted by atomic mass is 35.5. The summed E-state index contributed by atoms with van der Waals surface area (Å²) in [5.74, 6) is 1.04. The Morgan fingerprint density at radius 1 is 0.771 bits per heavy atom. The molecule has 3 N–H and O–H groups in total. The quantitative estimate of drug-likeness (QED) is 0.309. The molecule has 0 aromatic heterocycles. The zero-order valence-electron chi connectivity index (χ0n) is 20.1. The van der Waals surface area contributed by atoms with Gasteiger partial charge in [0.25, 0.3) is 0 Å². The van der Waals surface area contributed by atoms with Gasteiger partial charge in [-0.1, -0.05) is 6.42 Å². The summed E-state index contributed by atoms with van der Waals surface area (Å²) >= 11 is 11.7. The Hall–Kier alpha value is -2.48. The van der Waals surface area contributed by atoms with E-state index < -0.39 is 0 Å². The molecule has 1 aliphatic heterocycles. The van der Waals surface area contributed by atoms with Gasteiger partial charge in [0.1, 0.15) is 0 Å². The molecule has 1 heterocycles. The van der Waals surface area contributed by atoms with Crippen molar-refractivity contribution in [2.24, 2.45) is 0 Å². The fraction of sp³-hybridized carbons (Fsp3) is 0.462. The molecule has 3 amide bonds. The highest BCUT2D eigenvalue weighted by Gasteiger charge is 2.11. The van der Waals surface area contributed by atoms with Crippen LogP contribution in [-0.2, 0) is 4.79 Å². The Morgan fingerprint density at radius 2 is 1.29 bits per heavy atom. The zero-order chi connectivity index (χ0) is 24.9. The number of nitrogens with zero attached hydrogens (tertiary/aromatic N) is 2. The van der Waals surface area contributed by atoms with Crippen LogP contribution >= 0.6 is 23.2 Å². The first-order valence-corrected chi connectivity index (χ1v) is 13.3. The molecule has 3 rings (SSSR count). The van der Waals surface area contributed by atoms with E-state index in [4.69, 9.17) is 23.2 Å². The smallest absolute Gasteiger partial charge is 0.323 e. The monoisotopic (exact) mass is 519 g/mol. The molecule has 0 atom stereocenters. The Kier molecular flexibility index (Phi) is 11.5. The maximum absolute atomic E-state index is 12.4. The van der Waals surface area contributed by atoms with Crippen LogP contribution in [0.1, 0.15) is 32.1 Å². The molecule has 0 bridgehead atoms. The predicted octanol–water partition coefficient (Wildman–Crippen LogP) is 5.82. The largest absolute Gasteiger partial charge is 0.369 e. The van der Waals surface area contributed by atoms with Gasteiger partial charge in [0.2, 0.25) is 5.91 Å². The topological polar surface area (TPSA) is 76.7 Å². The average molecular weight is 521 g/mol. The minimum absolute atomic E-state index is 0.0135. The number of halogens is 2. The van der Waals surface area contributed by atoms with Crippen molar-refractivity contribution in [3.05, 3.63) is 48.5 Å². The van der Waals surface area contributed by atoms with E-state index in [9.17, 15) is 9.59 Å². The number of urea groups is 1. The van der Waals surface area contributed by atoms with Crippen molar-refractivity contribution in [3.8, 4) is 0 Å². The number of nitrogens with one attached hydrogen (secondary N) is 3. The summed E-state index contributed by atoms with van der Waals surface area (Å²) in [5, 5.41) is 8.56. The van der Waals surface area contributed by atoms with E-state index in [0.717, 1.165) is 31.7 Å². The normalized spacial score (nSPS) is 13.8. The van der Waals surface area contributed by atoms with Crippen LogP contribution in [0.25, 0.3) is 0 Å². The number of likely N-dealkylation sites (tertiary alicyclic amines) is 1. The van der Waals surface area contributed by atoms with Crippen LogP contribution in [0.2, 0.25) is 0 Å². The number of alkyl halides is 2.